The molecule has 1 saturated carbocycles. The number of rotatable bonds is 4. The van der Waals surface area contributed by atoms with E-state index in [4.69, 9.17) is 9.47 Å². The highest BCUT2D eigenvalue weighted by atomic mass is 32.1. The summed E-state index contributed by atoms with van der Waals surface area (Å²) in [5, 5.41) is 1.94. The molecule has 130 valence electrons. The minimum atomic E-state index is -0.368. The minimum Gasteiger partial charge on any atom is -0.482 e. The normalized spacial score (nSPS) is 17.3. The van der Waals surface area contributed by atoms with Gasteiger partial charge in [-0.3, -0.25) is 14.5 Å². The number of fused-ring (bicyclic) bond motifs is 1. The van der Waals surface area contributed by atoms with E-state index in [0.29, 0.717) is 11.4 Å². The average Bonchev–Trinajstić information content (AvgIpc) is 3.31. The Hall–Kier alpha value is -2.41. The number of anilines is 1. The zero-order valence-electron chi connectivity index (χ0n) is 13.6. The first-order chi connectivity index (χ1) is 12.2. The van der Waals surface area contributed by atoms with E-state index in [0.717, 1.165) is 36.9 Å². The largest absolute Gasteiger partial charge is 0.482 e. The van der Waals surface area contributed by atoms with Crippen LogP contribution in [-0.2, 0) is 14.3 Å². The molecule has 0 saturated heterocycles. The Bertz CT molecular complexity index is 784. The molecule has 0 atom stereocenters. The Morgan fingerprint density at radius 2 is 2.20 bits per heavy atom. The van der Waals surface area contributed by atoms with Crippen molar-refractivity contribution in [1.82, 2.24) is 4.98 Å². The summed E-state index contributed by atoms with van der Waals surface area (Å²) in [7, 11) is 0. The highest BCUT2D eigenvalue weighted by Gasteiger charge is 2.29. The van der Waals surface area contributed by atoms with E-state index in [1.54, 1.807) is 5.51 Å². The van der Waals surface area contributed by atoms with Crippen LogP contribution in [0.25, 0.3) is 11.3 Å². The van der Waals surface area contributed by atoms with Crippen molar-refractivity contribution >= 4 is 28.9 Å². The van der Waals surface area contributed by atoms with Crippen molar-refractivity contribution in [3.05, 3.63) is 29.1 Å². The van der Waals surface area contributed by atoms with Crippen LogP contribution in [0.2, 0.25) is 0 Å². The molecule has 0 unspecified atom stereocenters. The number of hydrogen-bond acceptors (Lipinski definition) is 6. The van der Waals surface area contributed by atoms with Gasteiger partial charge in [0.1, 0.15) is 18.4 Å². The predicted molar refractivity (Wildman–Crippen MR) is 93.7 cm³/mol. The molecular weight excluding hydrogens is 340 g/mol. The molecule has 1 aliphatic heterocycles. The Labute approximate surface area is 149 Å². The maximum Gasteiger partial charge on any atom is 0.326 e. The van der Waals surface area contributed by atoms with Crippen LogP contribution in [0, 0.1) is 0 Å². The third-order valence-corrected chi connectivity index (χ3v) is 5.10. The van der Waals surface area contributed by atoms with E-state index in [1.807, 2.05) is 23.6 Å². The molecule has 25 heavy (non-hydrogen) atoms. The zero-order valence-corrected chi connectivity index (χ0v) is 14.5. The van der Waals surface area contributed by atoms with Crippen molar-refractivity contribution in [2.75, 3.05) is 18.1 Å². The lowest BCUT2D eigenvalue weighted by Crippen LogP contribution is -2.43. The number of esters is 1. The molecule has 2 heterocycles. The van der Waals surface area contributed by atoms with E-state index in [9.17, 15) is 9.59 Å². The summed E-state index contributed by atoms with van der Waals surface area (Å²) in [6, 6.07) is 5.55. The van der Waals surface area contributed by atoms with Gasteiger partial charge in [0.2, 0.25) is 0 Å². The number of benzene rings is 1. The summed E-state index contributed by atoms with van der Waals surface area (Å²) in [6.07, 6.45) is 3.99. The van der Waals surface area contributed by atoms with Crippen molar-refractivity contribution in [2.45, 2.75) is 31.8 Å². The fraction of sp³-hybridized carbons (Fsp3) is 0.389. The summed E-state index contributed by atoms with van der Waals surface area (Å²) in [5.74, 6) is -0.0225. The molecule has 2 aromatic rings. The lowest BCUT2D eigenvalue weighted by atomic mass is 10.1. The molecule has 2 aliphatic rings. The van der Waals surface area contributed by atoms with Crippen molar-refractivity contribution in [3.8, 4) is 17.0 Å². The number of amides is 1. The highest BCUT2D eigenvalue weighted by Crippen LogP contribution is 2.36. The van der Waals surface area contributed by atoms with E-state index in [1.165, 1.54) is 16.2 Å². The molecule has 0 radical (unpaired) electrons. The van der Waals surface area contributed by atoms with Gasteiger partial charge < -0.3 is 9.47 Å². The second kappa shape index (κ2) is 6.84. The van der Waals surface area contributed by atoms with Crippen molar-refractivity contribution < 1.29 is 19.1 Å². The third kappa shape index (κ3) is 3.37. The second-order valence-electron chi connectivity index (χ2n) is 6.22. The molecule has 0 bridgehead atoms. The van der Waals surface area contributed by atoms with Crippen LogP contribution in [0.15, 0.2) is 29.1 Å². The summed E-state index contributed by atoms with van der Waals surface area (Å²) in [5.41, 5.74) is 4.06. The topological polar surface area (TPSA) is 68.7 Å². The van der Waals surface area contributed by atoms with Crippen LogP contribution >= 0.6 is 11.3 Å². The molecule has 0 N–H and O–H groups in total. The molecule has 1 aromatic carbocycles. The lowest BCUT2D eigenvalue weighted by molar-refractivity contribution is -0.147. The molecule has 1 aliphatic carbocycles. The number of thiazole rings is 1. The molecule has 4 rings (SSSR count). The Balaban J connectivity index is 1.57. The molecule has 6 nitrogen and oxygen atoms in total. The summed E-state index contributed by atoms with van der Waals surface area (Å²) < 4.78 is 11.0. The molecule has 1 fully saturated rings. The van der Waals surface area contributed by atoms with Crippen LogP contribution in [0.3, 0.4) is 0 Å². The van der Waals surface area contributed by atoms with Gasteiger partial charge in [0.25, 0.3) is 5.91 Å². The fourth-order valence-electron chi connectivity index (χ4n) is 3.25. The van der Waals surface area contributed by atoms with E-state index >= 15 is 0 Å². The van der Waals surface area contributed by atoms with Gasteiger partial charge in [-0.2, -0.15) is 0 Å². The van der Waals surface area contributed by atoms with Crippen LogP contribution in [-0.4, -0.2) is 36.1 Å². The third-order valence-electron chi connectivity index (χ3n) is 4.52. The van der Waals surface area contributed by atoms with E-state index < -0.39 is 0 Å². The predicted octanol–water partition coefficient (Wildman–Crippen LogP) is 3.02. The van der Waals surface area contributed by atoms with Gasteiger partial charge in [-0.15, -0.1) is 11.3 Å². The smallest absolute Gasteiger partial charge is 0.326 e. The molecule has 1 aromatic heterocycles. The molecule has 0 spiro atoms. The first-order valence-electron chi connectivity index (χ1n) is 8.36. The first kappa shape index (κ1) is 16.1. The summed E-state index contributed by atoms with van der Waals surface area (Å²) in [4.78, 5) is 30.3. The van der Waals surface area contributed by atoms with Crippen LogP contribution in [0.5, 0.6) is 5.75 Å². The monoisotopic (exact) mass is 358 g/mol. The van der Waals surface area contributed by atoms with Crippen LogP contribution in [0.1, 0.15) is 25.7 Å². The van der Waals surface area contributed by atoms with Gasteiger partial charge in [-0.25, -0.2) is 4.98 Å². The van der Waals surface area contributed by atoms with E-state index in [-0.39, 0.29) is 31.1 Å². The quantitative estimate of drug-likeness (QED) is 0.786. The van der Waals surface area contributed by atoms with Crippen LogP contribution < -0.4 is 9.64 Å². The van der Waals surface area contributed by atoms with Gasteiger partial charge in [-0.05, 0) is 43.9 Å². The Morgan fingerprint density at radius 1 is 1.36 bits per heavy atom. The maximum atomic E-state index is 12.3. The number of carbonyl (C=O) groups is 2. The minimum absolute atomic E-state index is 0.00977. The van der Waals surface area contributed by atoms with Gasteiger partial charge in [0, 0.05) is 10.9 Å². The SMILES string of the molecule is O=C(CN1C(=O)COc2ccc(-c3cscn3)cc21)OC1CCCC1. The standard InChI is InChI=1S/C18H18N2O4S/c21-17-9-23-16-6-5-12(14-10-25-11-19-14)7-15(16)20(17)8-18(22)24-13-3-1-2-4-13/h5-7,10-11,13H,1-4,8-9H2. The number of ether oxygens (including phenoxy) is 2. The highest BCUT2D eigenvalue weighted by molar-refractivity contribution is 7.07. The average molecular weight is 358 g/mol. The maximum absolute atomic E-state index is 12.3. The van der Waals surface area contributed by atoms with Gasteiger partial charge >= 0.3 is 5.97 Å². The lowest BCUT2D eigenvalue weighted by Gasteiger charge is -2.29. The Kier molecular flexibility index (Phi) is 4.40. The van der Waals surface area contributed by atoms with Crippen LogP contribution in [0.4, 0.5) is 5.69 Å². The molecule has 1 amide bonds. The van der Waals surface area contributed by atoms with Gasteiger partial charge in [0.15, 0.2) is 6.61 Å². The second-order valence-corrected chi connectivity index (χ2v) is 6.94. The Morgan fingerprint density at radius 3 is 2.96 bits per heavy atom. The van der Waals surface area contributed by atoms with Crippen molar-refractivity contribution in [3.63, 3.8) is 0 Å². The molecular formula is C18H18N2O4S. The zero-order chi connectivity index (χ0) is 17.2. The number of aromatic nitrogens is 1. The van der Waals surface area contributed by atoms with Gasteiger partial charge in [-0.1, -0.05) is 0 Å². The number of nitrogens with zero attached hydrogens (tertiary/aromatic N) is 2. The fourth-order valence-corrected chi connectivity index (χ4v) is 3.81. The summed E-state index contributed by atoms with van der Waals surface area (Å²) >= 11 is 1.50. The number of hydrogen-bond donors (Lipinski definition) is 0. The number of carbonyl (C=O) groups excluding carboxylic acids is 2. The summed E-state index contributed by atoms with van der Waals surface area (Å²) in [6.45, 7) is -0.161. The van der Waals surface area contributed by atoms with Crippen molar-refractivity contribution in [2.24, 2.45) is 0 Å². The van der Waals surface area contributed by atoms with Gasteiger partial charge in [0.05, 0.1) is 16.9 Å². The molecule has 7 heteroatoms. The van der Waals surface area contributed by atoms with E-state index in [2.05, 4.69) is 4.98 Å². The first-order valence-corrected chi connectivity index (χ1v) is 9.30. The van der Waals surface area contributed by atoms with Crippen molar-refractivity contribution in [1.29, 1.82) is 0 Å².